The number of thiazole rings is 1. The summed E-state index contributed by atoms with van der Waals surface area (Å²) in [4.78, 5) is 12.4. The molecule has 6 heteroatoms. The molecule has 0 amide bonds. The summed E-state index contributed by atoms with van der Waals surface area (Å²) in [5.41, 5.74) is 0.595. The minimum Gasteiger partial charge on any atom is -0.370 e. The summed E-state index contributed by atoms with van der Waals surface area (Å²) in [6.45, 7) is 6.24. The van der Waals surface area contributed by atoms with Crippen LogP contribution >= 0.6 is 11.3 Å². The third-order valence-corrected chi connectivity index (χ3v) is 4.78. The molecule has 1 fully saturated rings. The lowest BCUT2D eigenvalue weighted by Gasteiger charge is -2.15. The summed E-state index contributed by atoms with van der Waals surface area (Å²) < 4.78 is 0. The minimum absolute atomic E-state index is 0.595. The van der Waals surface area contributed by atoms with E-state index in [0.717, 1.165) is 37.0 Å². The van der Waals surface area contributed by atoms with E-state index in [1.807, 2.05) is 12.3 Å². The van der Waals surface area contributed by atoms with Crippen LogP contribution < -0.4 is 5.32 Å². The molecule has 0 saturated carbocycles. The molecule has 0 radical (unpaired) electrons. The fourth-order valence-electron chi connectivity index (χ4n) is 2.74. The number of hydrogen-bond donors (Lipinski definition) is 1. The summed E-state index contributed by atoms with van der Waals surface area (Å²) in [6, 6.07) is 5.74. The Morgan fingerprint density at radius 3 is 3.00 bits per heavy atom. The Morgan fingerprint density at radius 1 is 1.41 bits per heavy atom. The number of anilines is 1. The molecule has 0 aliphatic carbocycles. The van der Waals surface area contributed by atoms with Crippen LogP contribution in [-0.2, 0) is 6.54 Å². The fraction of sp³-hybridized carbons (Fsp3) is 0.438. The molecule has 0 bridgehead atoms. The molecule has 0 aromatic carbocycles. The van der Waals surface area contributed by atoms with Crippen molar-refractivity contribution in [3.63, 3.8) is 0 Å². The zero-order valence-corrected chi connectivity index (χ0v) is 13.4. The van der Waals surface area contributed by atoms with Crippen LogP contribution in [0.3, 0.4) is 0 Å². The highest BCUT2D eigenvalue weighted by atomic mass is 32.1. The number of aromatic nitrogens is 2. The van der Waals surface area contributed by atoms with Crippen molar-refractivity contribution in [3.8, 4) is 6.07 Å². The molecular weight excluding hydrogens is 294 g/mol. The number of hydrogen-bond acceptors (Lipinski definition) is 6. The van der Waals surface area contributed by atoms with Crippen molar-refractivity contribution >= 4 is 17.2 Å². The molecule has 5 nitrogen and oxygen atoms in total. The first-order valence-electron chi connectivity index (χ1n) is 7.46. The zero-order valence-electron chi connectivity index (χ0n) is 12.6. The lowest BCUT2D eigenvalue weighted by Crippen LogP contribution is -2.22. The average molecular weight is 313 g/mol. The van der Waals surface area contributed by atoms with Gasteiger partial charge in [-0.05, 0) is 37.9 Å². The molecule has 2 aromatic rings. The standard InChI is InChI=1S/C16H19N5S/c1-12-18-9-15(22-12)11-21-5-4-14(10-21)8-20-16-3-2-13(6-17)7-19-16/h2-3,7,9,14H,4-5,8,10-11H2,1H3,(H,19,20)/t14-/m1/s1. The van der Waals surface area contributed by atoms with Crippen LogP contribution in [0, 0.1) is 24.2 Å². The molecule has 1 aliphatic rings. The maximum Gasteiger partial charge on any atom is 0.125 e. The normalized spacial score (nSPS) is 18.3. The van der Waals surface area contributed by atoms with Gasteiger partial charge in [0.15, 0.2) is 0 Å². The molecule has 2 aromatic heterocycles. The first-order chi connectivity index (χ1) is 10.7. The number of nitrogens with one attached hydrogen (secondary N) is 1. The van der Waals surface area contributed by atoms with Gasteiger partial charge in [-0.2, -0.15) is 5.26 Å². The van der Waals surface area contributed by atoms with E-state index < -0.39 is 0 Å². The van der Waals surface area contributed by atoms with E-state index in [2.05, 4.69) is 33.2 Å². The number of rotatable bonds is 5. The van der Waals surface area contributed by atoms with E-state index in [1.165, 1.54) is 11.3 Å². The number of nitrogens with zero attached hydrogens (tertiary/aromatic N) is 4. The van der Waals surface area contributed by atoms with E-state index in [4.69, 9.17) is 5.26 Å². The van der Waals surface area contributed by atoms with Gasteiger partial charge in [-0.15, -0.1) is 11.3 Å². The van der Waals surface area contributed by atoms with Gasteiger partial charge in [0.2, 0.25) is 0 Å². The highest BCUT2D eigenvalue weighted by molar-refractivity contribution is 7.11. The van der Waals surface area contributed by atoms with Crippen LogP contribution in [-0.4, -0.2) is 34.5 Å². The van der Waals surface area contributed by atoms with Crippen LogP contribution in [0.25, 0.3) is 0 Å². The maximum atomic E-state index is 8.76. The van der Waals surface area contributed by atoms with Crippen LogP contribution in [0.2, 0.25) is 0 Å². The van der Waals surface area contributed by atoms with E-state index >= 15 is 0 Å². The average Bonchev–Trinajstić information content (AvgIpc) is 3.15. The first-order valence-corrected chi connectivity index (χ1v) is 8.28. The van der Waals surface area contributed by atoms with Crippen molar-refractivity contribution in [3.05, 3.63) is 40.0 Å². The highest BCUT2D eigenvalue weighted by Gasteiger charge is 2.22. The van der Waals surface area contributed by atoms with Gasteiger partial charge in [0.05, 0.1) is 10.6 Å². The summed E-state index contributed by atoms with van der Waals surface area (Å²) >= 11 is 1.78. The van der Waals surface area contributed by atoms with E-state index in [9.17, 15) is 0 Å². The van der Waals surface area contributed by atoms with Gasteiger partial charge < -0.3 is 5.32 Å². The summed E-state index contributed by atoms with van der Waals surface area (Å²) in [7, 11) is 0. The van der Waals surface area contributed by atoms with Crippen molar-refractivity contribution in [1.29, 1.82) is 5.26 Å². The first kappa shape index (κ1) is 14.9. The smallest absolute Gasteiger partial charge is 0.125 e. The third kappa shape index (κ3) is 3.81. The molecule has 1 atom stereocenters. The van der Waals surface area contributed by atoms with Crippen LogP contribution in [0.1, 0.15) is 21.9 Å². The fourth-order valence-corrected chi connectivity index (χ4v) is 3.57. The monoisotopic (exact) mass is 313 g/mol. The van der Waals surface area contributed by atoms with Gasteiger partial charge in [0.25, 0.3) is 0 Å². The molecule has 3 heterocycles. The van der Waals surface area contributed by atoms with Crippen LogP contribution in [0.15, 0.2) is 24.5 Å². The van der Waals surface area contributed by atoms with Crippen molar-refractivity contribution in [1.82, 2.24) is 14.9 Å². The Hall–Kier alpha value is -1.97. The summed E-state index contributed by atoms with van der Waals surface area (Å²) in [5.74, 6) is 1.49. The number of pyridine rings is 1. The molecule has 114 valence electrons. The van der Waals surface area contributed by atoms with E-state index in [1.54, 1.807) is 23.6 Å². The maximum absolute atomic E-state index is 8.76. The molecule has 0 unspecified atom stereocenters. The van der Waals surface area contributed by atoms with Crippen molar-refractivity contribution in [2.75, 3.05) is 25.0 Å². The summed E-state index contributed by atoms with van der Waals surface area (Å²) in [6.07, 6.45) is 4.81. The second kappa shape index (κ2) is 6.86. The Labute approximate surface area is 134 Å². The minimum atomic E-state index is 0.595. The largest absolute Gasteiger partial charge is 0.370 e. The molecule has 0 spiro atoms. The van der Waals surface area contributed by atoms with Gasteiger partial charge in [-0.1, -0.05) is 0 Å². The van der Waals surface area contributed by atoms with Gasteiger partial charge in [0, 0.05) is 36.9 Å². The molecule has 22 heavy (non-hydrogen) atoms. The SMILES string of the molecule is Cc1ncc(CN2CC[C@H](CNc3ccc(C#N)cn3)C2)s1. The molecule has 1 N–H and O–H groups in total. The topological polar surface area (TPSA) is 64.8 Å². The lowest BCUT2D eigenvalue weighted by molar-refractivity contribution is 0.321. The van der Waals surface area contributed by atoms with Gasteiger partial charge in [0.1, 0.15) is 11.9 Å². The molecular formula is C16H19N5S. The Morgan fingerprint density at radius 2 is 2.32 bits per heavy atom. The van der Waals surface area contributed by atoms with E-state index in [0.29, 0.717) is 11.5 Å². The quantitative estimate of drug-likeness (QED) is 0.919. The molecule has 3 rings (SSSR count). The van der Waals surface area contributed by atoms with Crippen LogP contribution in [0.4, 0.5) is 5.82 Å². The van der Waals surface area contributed by atoms with Crippen molar-refractivity contribution < 1.29 is 0 Å². The Balaban J connectivity index is 1.45. The number of aryl methyl sites for hydroxylation is 1. The summed E-state index contributed by atoms with van der Waals surface area (Å²) in [5, 5.41) is 13.3. The second-order valence-corrected chi connectivity index (χ2v) is 6.98. The number of likely N-dealkylation sites (tertiary alicyclic amines) is 1. The highest BCUT2D eigenvalue weighted by Crippen LogP contribution is 2.21. The van der Waals surface area contributed by atoms with Gasteiger partial charge in [-0.3, -0.25) is 4.90 Å². The number of nitriles is 1. The molecule has 1 aliphatic heterocycles. The lowest BCUT2D eigenvalue weighted by atomic mass is 10.1. The Bertz CT molecular complexity index is 658. The van der Waals surface area contributed by atoms with Gasteiger partial charge in [-0.25, -0.2) is 9.97 Å². The van der Waals surface area contributed by atoms with Crippen molar-refractivity contribution in [2.24, 2.45) is 5.92 Å². The van der Waals surface area contributed by atoms with Gasteiger partial charge >= 0.3 is 0 Å². The van der Waals surface area contributed by atoms with E-state index in [-0.39, 0.29) is 0 Å². The predicted octanol–water partition coefficient (Wildman–Crippen LogP) is 2.65. The predicted molar refractivity (Wildman–Crippen MR) is 87.7 cm³/mol. The van der Waals surface area contributed by atoms with Crippen molar-refractivity contribution in [2.45, 2.75) is 19.9 Å². The zero-order chi connectivity index (χ0) is 15.4. The molecule has 1 saturated heterocycles. The second-order valence-electron chi connectivity index (χ2n) is 5.66. The van der Waals surface area contributed by atoms with Crippen LogP contribution in [0.5, 0.6) is 0 Å². The third-order valence-electron chi connectivity index (χ3n) is 3.88. The Kier molecular flexibility index (Phi) is 4.66.